The predicted octanol–water partition coefficient (Wildman–Crippen LogP) is 2.82. The van der Waals surface area contributed by atoms with Crippen molar-refractivity contribution in [1.29, 1.82) is 0 Å². The van der Waals surface area contributed by atoms with Gasteiger partial charge in [0.1, 0.15) is 0 Å². The third kappa shape index (κ3) is 4.04. The monoisotopic (exact) mass is 287 g/mol. The van der Waals surface area contributed by atoms with Crippen LogP contribution >= 0.6 is 0 Å². The van der Waals surface area contributed by atoms with Gasteiger partial charge in [-0.1, -0.05) is 6.07 Å². The van der Waals surface area contributed by atoms with E-state index in [4.69, 9.17) is 0 Å². The Labute approximate surface area is 129 Å². The van der Waals surface area contributed by atoms with E-state index in [0.29, 0.717) is 0 Å². The molecule has 1 aromatic heterocycles. The van der Waals surface area contributed by atoms with Crippen molar-refractivity contribution in [2.24, 2.45) is 5.92 Å². The van der Waals surface area contributed by atoms with Crippen LogP contribution in [0.15, 0.2) is 24.4 Å². The molecule has 3 rings (SSSR count). The van der Waals surface area contributed by atoms with Crippen LogP contribution in [0.2, 0.25) is 0 Å². The Kier molecular flexibility index (Phi) is 5.26. The van der Waals surface area contributed by atoms with Gasteiger partial charge in [0.25, 0.3) is 0 Å². The maximum Gasteiger partial charge on any atom is 0.0404 e. The van der Waals surface area contributed by atoms with Crippen molar-refractivity contribution in [3.63, 3.8) is 0 Å². The van der Waals surface area contributed by atoms with Gasteiger partial charge >= 0.3 is 0 Å². The van der Waals surface area contributed by atoms with Crippen LogP contribution in [-0.4, -0.2) is 54.1 Å². The molecule has 0 spiro atoms. The summed E-state index contributed by atoms with van der Waals surface area (Å²) < 4.78 is 0. The molecular weight excluding hydrogens is 258 g/mol. The maximum absolute atomic E-state index is 4.44. The molecule has 3 heterocycles. The minimum absolute atomic E-state index is 0.863. The summed E-state index contributed by atoms with van der Waals surface area (Å²) in [5, 5.41) is 0. The van der Waals surface area contributed by atoms with Crippen LogP contribution in [0.3, 0.4) is 0 Å². The Hall–Kier alpha value is -0.930. The Bertz CT molecular complexity index is 412. The third-order valence-electron chi connectivity index (χ3n) is 5.33. The van der Waals surface area contributed by atoms with E-state index >= 15 is 0 Å². The number of pyridine rings is 1. The number of aryl methyl sites for hydroxylation is 1. The zero-order valence-electron chi connectivity index (χ0n) is 13.4. The molecule has 1 unspecified atom stereocenters. The highest BCUT2D eigenvalue weighted by molar-refractivity contribution is 5.03. The van der Waals surface area contributed by atoms with Crippen LogP contribution < -0.4 is 0 Å². The van der Waals surface area contributed by atoms with E-state index in [1.165, 1.54) is 64.0 Å². The Morgan fingerprint density at radius 1 is 1.14 bits per heavy atom. The number of likely N-dealkylation sites (tertiary alicyclic amines) is 2. The van der Waals surface area contributed by atoms with Crippen molar-refractivity contribution >= 4 is 0 Å². The molecule has 21 heavy (non-hydrogen) atoms. The fourth-order valence-corrected chi connectivity index (χ4v) is 4.09. The summed E-state index contributed by atoms with van der Waals surface area (Å²) >= 11 is 0. The van der Waals surface area contributed by atoms with Gasteiger partial charge in [0.05, 0.1) is 0 Å². The number of aromatic nitrogens is 1. The number of hydrogen-bond donors (Lipinski definition) is 0. The van der Waals surface area contributed by atoms with E-state index in [9.17, 15) is 0 Å². The van der Waals surface area contributed by atoms with Crippen molar-refractivity contribution in [1.82, 2.24) is 14.8 Å². The molecule has 2 aliphatic rings. The standard InChI is InChI=1S/C18H29N3/c1-20-14-9-16(10-15-20)18-8-5-13-21(18)12-4-7-17-6-2-3-11-19-17/h2-3,6,11,16,18H,4-5,7-10,12-15H2,1H3. The highest BCUT2D eigenvalue weighted by Gasteiger charge is 2.32. The fraction of sp³-hybridized carbons (Fsp3) is 0.722. The lowest BCUT2D eigenvalue weighted by Crippen LogP contribution is -2.42. The molecular formula is C18H29N3. The smallest absolute Gasteiger partial charge is 0.0404 e. The zero-order chi connectivity index (χ0) is 14.5. The maximum atomic E-state index is 4.44. The zero-order valence-corrected chi connectivity index (χ0v) is 13.4. The molecule has 0 aromatic carbocycles. The van der Waals surface area contributed by atoms with Crippen molar-refractivity contribution in [2.45, 2.75) is 44.6 Å². The van der Waals surface area contributed by atoms with E-state index in [0.717, 1.165) is 18.4 Å². The van der Waals surface area contributed by atoms with Gasteiger partial charge in [0.2, 0.25) is 0 Å². The molecule has 0 bridgehead atoms. The summed E-state index contributed by atoms with van der Waals surface area (Å²) in [5.74, 6) is 0.943. The molecule has 3 nitrogen and oxygen atoms in total. The van der Waals surface area contributed by atoms with Crippen molar-refractivity contribution in [2.75, 3.05) is 33.2 Å². The van der Waals surface area contributed by atoms with E-state index in [1.807, 2.05) is 12.3 Å². The normalized spacial score (nSPS) is 25.5. The van der Waals surface area contributed by atoms with Crippen LogP contribution in [0.25, 0.3) is 0 Å². The quantitative estimate of drug-likeness (QED) is 0.830. The largest absolute Gasteiger partial charge is 0.306 e. The molecule has 0 N–H and O–H groups in total. The van der Waals surface area contributed by atoms with Gasteiger partial charge in [-0.2, -0.15) is 0 Å². The van der Waals surface area contributed by atoms with Gasteiger partial charge in [-0.05, 0) is 89.8 Å². The first-order chi connectivity index (χ1) is 10.3. The molecule has 2 fully saturated rings. The lowest BCUT2D eigenvalue weighted by molar-refractivity contribution is 0.124. The van der Waals surface area contributed by atoms with Gasteiger partial charge in [-0.15, -0.1) is 0 Å². The highest BCUT2D eigenvalue weighted by Crippen LogP contribution is 2.30. The minimum Gasteiger partial charge on any atom is -0.306 e. The highest BCUT2D eigenvalue weighted by atomic mass is 15.2. The first-order valence-corrected chi connectivity index (χ1v) is 8.65. The average molecular weight is 287 g/mol. The Morgan fingerprint density at radius 2 is 2.00 bits per heavy atom. The van der Waals surface area contributed by atoms with Crippen molar-refractivity contribution < 1.29 is 0 Å². The van der Waals surface area contributed by atoms with Crippen LogP contribution in [0.1, 0.15) is 37.8 Å². The third-order valence-corrected chi connectivity index (χ3v) is 5.33. The van der Waals surface area contributed by atoms with Crippen molar-refractivity contribution in [3.05, 3.63) is 30.1 Å². The predicted molar refractivity (Wildman–Crippen MR) is 87.4 cm³/mol. The molecule has 3 heteroatoms. The lowest BCUT2D eigenvalue weighted by atomic mass is 9.88. The van der Waals surface area contributed by atoms with Crippen LogP contribution in [0, 0.1) is 5.92 Å². The van der Waals surface area contributed by atoms with Crippen LogP contribution in [-0.2, 0) is 6.42 Å². The molecule has 1 atom stereocenters. The van der Waals surface area contributed by atoms with Gasteiger partial charge in [0.15, 0.2) is 0 Å². The Balaban J connectivity index is 1.46. The van der Waals surface area contributed by atoms with Gasteiger partial charge in [-0.25, -0.2) is 0 Å². The number of rotatable bonds is 5. The summed E-state index contributed by atoms with van der Waals surface area (Å²) in [6.07, 6.45) is 9.92. The van der Waals surface area contributed by atoms with Gasteiger partial charge < -0.3 is 9.80 Å². The molecule has 0 saturated carbocycles. The first kappa shape index (κ1) is 15.0. The van der Waals surface area contributed by atoms with Gasteiger partial charge in [-0.3, -0.25) is 4.98 Å². The number of hydrogen-bond acceptors (Lipinski definition) is 3. The fourth-order valence-electron chi connectivity index (χ4n) is 4.09. The SMILES string of the molecule is CN1CCC(C2CCCN2CCCc2ccccn2)CC1. The molecule has 1 aromatic rings. The molecule has 0 amide bonds. The number of nitrogens with zero attached hydrogens (tertiary/aromatic N) is 3. The Morgan fingerprint density at radius 3 is 2.76 bits per heavy atom. The van der Waals surface area contributed by atoms with E-state index in [2.05, 4.69) is 34.0 Å². The number of piperidine rings is 1. The summed E-state index contributed by atoms with van der Waals surface area (Å²) in [6.45, 7) is 5.17. The van der Waals surface area contributed by atoms with E-state index < -0.39 is 0 Å². The first-order valence-electron chi connectivity index (χ1n) is 8.65. The second-order valence-electron chi connectivity index (χ2n) is 6.81. The topological polar surface area (TPSA) is 19.4 Å². The van der Waals surface area contributed by atoms with Gasteiger partial charge in [0, 0.05) is 17.9 Å². The summed E-state index contributed by atoms with van der Waals surface area (Å²) in [6, 6.07) is 7.11. The minimum atomic E-state index is 0.863. The molecule has 116 valence electrons. The molecule has 2 aliphatic heterocycles. The second kappa shape index (κ2) is 7.37. The lowest BCUT2D eigenvalue weighted by Gasteiger charge is -2.37. The van der Waals surface area contributed by atoms with Crippen LogP contribution in [0.4, 0.5) is 0 Å². The molecule has 2 saturated heterocycles. The summed E-state index contributed by atoms with van der Waals surface area (Å²) in [5.41, 5.74) is 1.24. The van der Waals surface area contributed by atoms with Crippen LogP contribution in [0.5, 0.6) is 0 Å². The second-order valence-corrected chi connectivity index (χ2v) is 6.81. The molecule has 0 aliphatic carbocycles. The molecule has 0 radical (unpaired) electrons. The van der Waals surface area contributed by atoms with E-state index in [-0.39, 0.29) is 0 Å². The van der Waals surface area contributed by atoms with Crippen molar-refractivity contribution in [3.8, 4) is 0 Å². The van der Waals surface area contributed by atoms with E-state index in [1.54, 1.807) is 0 Å². The summed E-state index contributed by atoms with van der Waals surface area (Å²) in [4.78, 5) is 9.70. The summed E-state index contributed by atoms with van der Waals surface area (Å²) in [7, 11) is 2.26. The average Bonchev–Trinajstić information content (AvgIpc) is 2.98.